The Hall–Kier alpha value is -2.11. The zero-order valence-corrected chi connectivity index (χ0v) is 8.03. The van der Waals surface area contributed by atoms with E-state index in [4.69, 9.17) is 4.74 Å². The number of rotatable bonds is 2. The van der Waals surface area contributed by atoms with Gasteiger partial charge in [-0.05, 0) is 13.0 Å². The lowest BCUT2D eigenvalue weighted by molar-refractivity contribution is 0.0524. The smallest absolute Gasteiger partial charge is 0.343 e. The average molecular weight is 207 g/mol. The summed E-state index contributed by atoms with van der Waals surface area (Å²) in [4.78, 5) is 25.3. The molecule has 0 spiro atoms. The van der Waals surface area contributed by atoms with Gasteiger partial charge < -0.3 is 9.72 Å². The van der Waals surface area contributed by atoms with Crippen LogP contribution in [0.3, 0.4) is 0 Å². The third-order valence-corrected chi connectivity index (χ3v) is 1.95. The Labute approximate surface area is 84.3 Å². The number of carbonyl (C=O) groups excluding carboxylic acids is 1. The fraction of sp³-hybridized carbons (Fsp3) is 0.222. The summed E-state index contributed by atoms with van der Waals surface area (Å²) in [6, 6.07) is 1.45. The Morgan fingerprint density at radius 2 is 2.40 bits per heavy atom. The van der Waals surface area contributed by atoms with E-state index in [-0.39, 0.29) is 12.2 Å². The molecular formula is C9H9N3O3. The van der Waals surface area contributed by atoms with E-state index in [0.717, 1.165) is 0 Å². The first kappa shape index (κ1) is 9.45. The van der Waals surface area contributed by atoms with Crippen molar-refractivity contribution in [2.45, 2.75) is 6.92 Å². The maximum absolute atomic E-state index is 11.4. The van der Waals surface area contributed by atoms with Crippen LogP contribution in [0, 0.1) is 0 Å². The van der Waals surface area contributed by atoms with Gasteiger partial charge in [0.05, 0.1) is 12.8 Å². The minimum atomic E-state index is -0.623. The Kier molecular flexibility index (Phi) is 2.24. The second-order valence-electron chi connectivity index (χ2n) is 2.93. The standard InChI is InChI=1S/C9H9N3O3/c1-2-15-9(14)6-3-5-4-10-12-7(5)11-8(6)13/h3-4H,2H2,1H3,(H2,10,11,12,13). The van der Waals surface area contributed by atoms with Crippen molar-refractivity contribution in [2.75, 3.05) is 6.61 Å². The molecule has 0 fully saturated rings. The summed E-state index contributed by atoms with van der Waals surface area (Å²) >= 11 is 0. The SMILES string of the molecule is CCOC(=O)c1cc2cn[nH]c2[nH]c1=O. The predicted octanol–water partition coefficient (Wildman–Crippen LogP) is 0.428. The number of hydrogen-bond acceptors (Lipinski definition) is 4. The summed E-state index contributed by atoms with van der Waals surface area (Å²) in [6.45, 7) is 1.92. The average Bonchev–Trinajstić information content (AvgIpc) is 2.63. The van der Waals surface area contributed by atoms with Crippen molar-refractivity contribution in [3.8, 4) is 0 Å². The van der Waals surface area contributed by atoms with Gasteiger partial charge >= 0.3 is 5.97 Å². The van der Waals surface area contributed by atoms with E-state index in [1.54, 1.807) is 6.92 Å². The summed E-state index contributed by atoms with van der Waals surface area (Å²) in [5, 5.41) is 7.01. The molecule has 0 saturated carbocycles. The predicted molar refractivity (Wildman–Crippen MR) is 52.7 cm³/mol. The van der Waals surface area contributed by atoms with Crippen LogP contribution in [0.2, 0.25) is 0 Å². The van der Waals surface area contributed by atoms with Gasteiger partial charge in [-0.1, -0.05) is 0 Å². The van der Waals surface area contributed by atoms with Crippen LogP contribution >= 0.6 is 0 Å². The topological polar surface area (TPSA) is 87.8 Å². The minimum Gasteiger partial charge on any atom is -0.462 e. The van der Waals surface area contributed by atoms with Crippen molar-refractivity contribution in [3.63, 3.8) is 0 Å². The zero-order chi connectivity index (χ0) is 10.8. The number of ether oxygens (including phenoxy) is 1. The Morgan fingerprint density at radius 3 is 3.13 bits per heavy atom. The van der Waals surface area contributed by atoms with Gasteiger partial charge in [-0.25, -0.2) is 4.79 Å². The van der Waals surface area contributed by atoms with E-state index in [1.807, 2.05) is 0 Å². The molecule has 0 radical (unpaired) electrons. The summed E-state index contributed by atoms with van der Waals surface area (Å²) in [5.41, 5.74) is 0.00370. The molecule has 0 bridgehead atoms. The molecule has 0 aromatic carbocycles. The molecule has 2 rings (SSSR count). The Bertz CT molecular complexity index is 555. The number of pyridine rings is 1. The lowest BCUT2D eigenvalue weighted by Gasteiger charge is -2.00. The lowest BCUT2D eigenvalue weighted by Crippen LogP contribution is -2.19. The molecule has 0 unspecified atom stereocenters. The number of fused-ring (bicyclic) bond motifs is 1. The Balaban J connectivity index is 2.55. The van der Waals surface area contributed by atoms with Gasteiger partial charge in [0.2, 0.25) is 0 Å². The summed E-state index contributed by atoms with van der Waals surface area (Å²) < 4.78 is 4.74. The van der Waals surface area contributed by atoms with Crippen molar-refractivity contribution < 1.29 is 9.53 Å². The molecule has 0 amide bonds. The number of hydrogen-bond donors (Lipinski definition) is 2. The first-order valence-corrected chi connectivity index (χ1v) is 4.46. The van der Waals surface area contributed by atoms with Crippen molar-refractivity contribution >= 4 is 17.0 Å². The normalized spacial score (nSPS) is 10.5. The van der Waals surface area contributed by atoms with Gasteiger partial charge in [-0.15, -0.1) is 0 Å². The van der Waals surface area contributed by atoms with Gasteiger partial charge in [0.1, 0.15) is 11.2 Å². The van der Waals surface area contributed by atoms with Crippen LogP contribution in [0.25, 0.3) is 11.0 Å². The molecule has 0 atom stereocenters. The van der Waals surface area contributed by atoms with Crippen LogP contribution in [0.4, 0.5) is 0 Å². The van der Waals surface area contributed by atoms with E-state index >= 15 is 0 Å². The third kappa shape index (κ3) is 1.61. The number of aromatic amines is 2. The number of H-pyrrole nitrogens is 2. The van der Waals surface area contributed by atoms with E-state index in [9.17, 15) is 9.59 Å². The molecule has 0 aliphatic rings. The van der Waals surface area contributed by atoms with Gasteiger partial charge in [-0.3, -0.25) is 9.89 Å². The molecule has 0 aliphatic heterocycles. The number of nitrogens with zero attached hydrogens (tertiary/aromatic N) is 1. The highest BCUT2D eigenvalue weighted by Crippen LogP contribution is 2.07. The fourth-order valence-electron chi connectivity index (χ4n) is 1.27. The molecular weight excluding hydrogens is 198 g/mol. The van der Waals surface area contributed by atoms with Crippen LogP contribution in [-0.4, -0.2) is 27.8 Å². The highest BCUT2D eigenvalue weighted by atomic mass is 16.5. The largest absolute Gasteiger partial charge is 0.462 e. The molecule has 6 heteroatoms. The molecule has 2 heterocycles. The number of aromatic nitrogens is 3. The number of esters is 1. The molecule has 78 valence electrons. The highest BCUT2D eigenvalue weighted by Gasteiger charge is 2.12. The molecule has 2 N–H and O–H groups in total. The monoisotopic (exact) mass is 207 g/mol. The van der Waals surface area contributed by atoms with E-state index < -0.39 is 11.5 Å². The summed E-state index contributed by atoms with van der Waals surface area (Å²) in [6.07, 6.45) is 1.52. The summed E-state index contributed by atoms with van der Waals surface area (Å²) in [5.74, 6) is -0.623. The van der Waals surface area contributed by atoms with Gasteiger partial charge in [-0.2, -0.15) is 5.10 Å². The quantitative estimate of drug-likeness (QED) is 0.699. The number of carbonyl (C=O) groups is 1. The molecule has 0 saturated heterocycles. The van der Waals surface area contributed by atoms with Crippen molar-refractivity contribution in [2.24, 2.45) is 0 Å². The second-order valence-corrected chi connectivity index (χ2v) is 2.93. The van der Waals surface area contributed by atoms with Gasteiger partial charge in [0.25, 0.3) is 5.56 Å². The highest BCUT2D eigenvalue weighted by molar-refractivity contribution is 5.92. The van der Waals surface area contributed by atoms with Crippen molar-refractivity contribution in [1.29, 1.82) is 0 Å². The van der Waals surface area contributed by atoms with Crippen LogP contribution in [0.15, 0.2) is 17.1 Å². The molecule has 2 aromatic heterocycles. The third-order valence-electron chi connectivity index (χ3n) is 1.95. The van der Waals surface area contributed by atoms with Crippen LogP contribution in [0.5, 0.6) is 0 Å². The lowest BCUT2D eigenvalue weighted by atomic mass is 10.2. The molecule has 0 aliphatic carbocycles. The maximum Gasteiger partial charge on any atom is 0.343 e. The minimum absolute atomic E-state index is 0.00856. The van der Waals surface area contributed by atoms with Crippen molar-refractivity contribution in [3.05, 3.63) is 28.2 Å². The van der Waals surface area contributed by atoms with Crippen molar-refractivity contribution in [1.82, 2.24) is 15.2 Å². The first-order valence-electron chi connectivity index (χ1n) is 4.46. The Morgan fingerprint density at radius 1 is 1.60 bits per heavy atom. The molecule has 15 heavy (non-hydrogen) atoms. The van der Waals surface area contributed by atoms with E-state index in [2.05, 4.69) is 15.2 Å². The van der Waals surface area contributed by atoms with Crippen LogP contribution in [0.1, 0.15) is 17.3 Å². The maximum atomic E-state index is 11.4. The first-order chi connectivity index (χ1) is 7.22. The second kappa shape index (κ2) is 3.56. The number of nitrogens with one attached hydrogen (secondary N) is 2. The molecule has 2 aromatic rings. The van der Waals surface area contributed by atoms with Crippen LogP contribution < -0.4 is 5.56 Å². The van der Waals surface area contributed by atoms with E-state index in [0.29, 0.717) is 11.0 Å². The van der Waals surface area contributed by atoms with Gasteiger partial charge in [0.15, 0.2) is 0 Å². The fourth-order valence-corrected chi connectivity index (χ4v) is 1.27. The zero-order valence-electron chi connectivity index (χ0n) is 8.03. The summed E-state index contributed by atoms with van der Waals surface area (Å²) in [7, 11) is 0. The molecule has 6 nitrogen and oxygen atoms in total. The van der Waals surface area contributed by atoms with E-state index in [1.165, 1.54) is 12.3 Å². The van der Waals surface area contributed by atoms with Crippen LogP contribution in [-0.2, 0) is 4.74 Å². The van der Waals surface area contributed by atoms with Gasteiger partial charge in [0, 0.05) is 5.39 Å².